The number of thioether (sulfide) groups is 1. The molecule has 1 amide bonds. The number of nitrogens with one attached hydrogen (secondary N) is 1. The summed E-state index contributed by atoms with van der Waals surface area (Å²) < 4.78 is 0. The quantitative estimate of drug-likeness (QED) is 0.616. The highest BCUT2D eigenvalue weighted by Gasteiger charge is 2.14. The van der Waals surface area contributed by atoms with E-state index in [-0.39, 0.29) is 5.91 Å². The van der Waals surface area contributed by atoms with E-state index in [4.69, 9.17) is 0 Å². The van der Waals surface area contributed by atoms with Crippen molar-refractivity contribution in [1.29, 1.82) is 0 Å². The molecule has 0 unspecified atom stereocenters. The van der Waals surface area contributed by atoms with Crippen molar-refractivity contribution in [3.63, 3.8) is 0 Å². The number of carbonyl (C=O) groups is 1. The van der Waals surface area contributed by atoms with Gasteiger partial charge in [-0.25, -0.2) is 4.98 Å². The average molecular weight is 424 g/mol. The van der Waals surface area contributed by atoms with Crippen molar-refractivity contribution in [3.05, 3.63) is 81.3 Å². The Morgan fingerprint density at radius 1 is 1.10 bits per heavy atom. The molecule has 1 fully saturated rings. The molecule has 29 heavy (non-hydrogen) atoms. The molecule has 1 aliphatic rings. The summed E-state index contributed by atoms with van der Waals surface area (Å²) in [7, 11) is 0. The second-order valence-electron chi connectivity index (χ2n) is 7.28. The number of amides is 1. The molecule has 0 aliphatic carbocycles. The lowest BCUT2D eigenvalue weighted by molar-refractivity contribution is 0.102. The first-order chi connectivity index (χ1) is 14.2. The molecule has 0 bridgehead atoms. The van der Waals surface area contributed by atoms with Crippen molar-refractivity contribution in [1.82, 2.24) is 9.88 Å². The maximum Gasteiger partial charge on any atom is 0.275 e. The molecular formula is C23H25N3OS2. The topological polar surface area (TPSA) is 45.2 Å². The largest absolute Gasteiger partial charge is 0.320 e. The average Bonchev–Trinajstić information content (AvgIpc) is 3.20. The number of rotatable bonds is 6. The lowest BCUT2D eigenvalue weighted by atomic mass is 10.1. The van der Waals surface area contributed by atoms with Crippen molar-refractivity contribution >= 4 is 34.7 Å². The SMILES string of the molecule is Cc1cc(CN2CCSCC2)ccc1NC(=O)c1csc(Cc2ccccc2)n1. The zero-order chi connectivity index (χ0) is 20.1. The van der Waals surface area contributed by atoms with Crippen LogP contribution < -0.4 is 5.32 Å². The van der Waals surface area contributed by atoms with Crippen LogP contribution in [0.1, 0.15) is 32.2 Å². The molecule has 2 heterocycles. The zero-order valence-corrected chi connectivity index (χ0v) is 18.2. The number of aromatic nitrogens is 1. The highest BCUT2D eigenvalue weighted by molar-refractivity contribution is 7.99. The number of thiazole rings is 1. The molecular weight excluding hydrogens is 398 g/mol. The van der Waals surface area contributed by atoms with Crippen molar-refractivity contribution < 1.29 is 4.79 Å². The van der Waals surface area contributed by atoms with Crippen LogP contribution in [0.15, 0.2) is 53.9 Å². The van der Waals surface area contributed by atoms with Gasteiger partial charge in [-0.15, -0.1) is 11.3 Å². The van der Waals surface area contributed by atoms with E-state index in [0.717, 1.165) is 42.3 Å². The lowest BCUT2D eigenvalue weighted by Gasteiger charge is -2.26. The summed E-state index contributed by atoms with van der Waals surface area (Å²) in [5.41, 5.74) is 4.92. The third-order valence-electron chi connectivity index (χ3n) is 5.03. The van der Waals surface area contributed by atoms with E-state index in [1.807, 2.05) is 48.3 Å². The van der Waals surface area contributed by atoms with E-state index in [0.29, 0.717) is 5.69 Å². The van der Waals surface area contributed by atoms with Gasteiger partial charge in [-0.3, -0.25) is 9.69 Å². The minimum absolute atomic E-state index is 0.149. The monoisotopic (exact) mass is 423 g/mol. The second kappa shape index (κ2) is 9.57. The van der Waals surface area contributed by atoms with Crippen LogP contribution >= 0.6 is 23.1 Å². The lowest BCUT2D eigenvalue weighted by Crippen LogP contribution is -2.31. The highest BCUT2D eigenvalue weighted by atomic mass is 32.2. The van der Waals surface area contributed by atoms with Gasteiger partial charge in [-0.1, -0.05) is 42.5 Å². The fourth-order valence-corrected chi connectivity index (χ4v) is 5.22. The van der Waals surface area contributed by atoms with E-state index in [1.54, 1.807) is 0 Å². The third kappa shape index (κ3) is 5.47. The van der Waals surface area contributed by atoms with Gasteiger partial charge in [0, 0.05) is 48.6 Å². The highest BCUT2D eigenvalue weighted by Crippen LogP contribution is 2.21. The summed E-state index contributed by atoms with van der Waals surface area (Å²) in [5, 5.41) is 5.81. The van der Waals surface area contributed by atoms with E-state index in [9.17, 15) is 4.79 Å². The second-order valence-corrected chi connectivity index (χ2v) is 9.45. The Morgan fingerprint density at radius 3 is 2.66 bits per heavy atom. The number of benzene rings is 2. The summed E-state index contributed by atoms with van der Waals surface area (Å²) in [6.07, 6.45) is 0.752. The van der Waals surface area contributed by atoms with Crippen molar-refractivity contribution in [3.8, 4) is 0 Å². The standard InChI is InChI=1S/C23H25N3OS2/c1-17-13-19(15-26-9-11-28-12-10-26)7-8-20(17)25-23(27)21-16-29-22(24-21)14-18-5-3-2-4-6-18/h2-8,13,16H,9-12,14-15H2,1H3,(H,25,27). The van der Waals surface area contributed by atoms with Crippen molar-refractivity contribution in [2.24, 2.45) is 0 Å². The van der Waals surface area contributed by atoms with Gasteiger partial charge in [-0.2, -0.15) is 11.8 Å². The van der Waals surface area contributed by atoms with Crippen LogP contribution in [0, 0.1) is 6.92 Å². The molecule has 6 heteroatoms. The summed E-state index contributed by atoms with van der Waals surface area (Å²) >= 11 is 3.56. The van der Waals surface area contributed by atoms with E-state index in [1.165, 1.54) is 34.0 Å². The van der Waals surface area contributed by atoms with Crippen LogP contribution in [-0.2, 0) is 13.0 Å². The number of nitrogens with zero attached hydrogens (tertiary/aromatic N) is 2. The van der Waals surface area contributed by atoms with Crippen LogP contribution in [0.5, 0.6) is 0 Å². The summed E-state index contributed by atoms with van der Waals surface area (Å²) in [4.78, 5) is 19.7. The fraction of sp³-hybridized carbons (Fsp3) is 0.304. The van der Waals surface area contributed by atoms with Gasteiger partial charge in [0.2, 0.25) is 0 Å². The van der Waals surface area contributed by atoms with E-state index in [2.05, 4.69) is 39.5 Å². The van der Waals surface area contributed by atoms with Crippen LogP contribution in [0.4, 0.5) is 5.69 Å². The van der Waals surface area contributed by atoms with Crippen LogP contribution in [0.3, 0.4) is 0 Å². The maximum atomic E-state index is 12.7. The number of aryl methyl sites for hydroxylation is 1. The summed E-state index contributed by atoms with van der Waals surface area (Å²) in [6, 6.07) is 16.5. The Morgan fingerprint density at radius 2 is 1.90 bits per heavy atom. The zero-order valence-electron chi connectivity index (χ0n) is 16.6. The Labute approximate surface area is 180 Å². The molecule has 0 saturated carbocycles. The van der Waals surface area contributed by atoms with Gasteiger partial charge < -0.3 is 5.32 Å². The molecule has 0 spiro atoms. The van der Waals surface area contributed by atoms with Gasteiger partial charge in [-0.05, 0) is 29.7 Å². The molecule has 1 aliphatic heterocycles. The van der Waals surface area contributed by atoms with Gasteiger partial charge in [0.1, 0.15) is 5.69 Å². The molecule has 1 saturated heterocycles. The van der Waals surface area contributed by atoms with Gasteiger partial charge in [0.05, 0.1) is 5.01 Å². The Hall–Kier alpha value is -2.15. The molecule has 1 aromatic heterocycles. The molecule has 0 atom stereocenters. The molecule has 150 valence electrons. The van der Waals surface area contributed by atoms with Crippen LogP contribution in [0.2, 0.25) is 0 Å². The smallest absolute Gasteiger partial charge is 0.275 e. The minimum atomic E-state index is -0.149. The number of carbonyl (C=O) groups excluding carboxylic acids is 1. The molecule has 1 N–H and O–H groups in total. The predicted octanol–water partition coefficient (Wildman–Crippen LogP) is 4.84. The van der Waals surface area contributed by atoms with Crippen LogP contribution in [0.25, 0.3) is 0 Å². The molecule has 3 aromatic rings. The third-order valence-corrected chi connectivity index (χ3v) is 6.82. The number of hydrogen-bond donors (Lipinski definition) is 1. The first-order valence-corrected chi connectivity index (χ1v) is 11.9. The van der Waals surface area contributed by atoms with Crippen molar-refractivity contribution in [2.75, 3.05) is 29.9 Å². The fourth-order valence-electron chi connectivity index (χ4n) is 3.44. The first-order valence-electron chi connectivity index (χ1n) is 9.87. The van der Waals surface area contributed by atoms with Crippen LogP contribution in [-0.4, -0.2) is 40.4 Å². The number of anilines is 1. The normalized spacial score (nSPS) is 14.7. The van der Waals surface area contributed by atoms with Gasteiger partial charge in [0.25, 0.3) is 5.91 Å². The van der Waals surface area contributed by atoms with E-state index >= 15 is 0 Å². The molecule has 2 aromatic carbocycles. The molecule has 4 nitrogen and oxygen atoms in total. The molecule has 4 rings (SSSR count). The number of hydrogen-bond acceptors (Lipinski definition) is 5. The van der Waals surface area contributed by atoms with E-state index < -0.39 is 0 Å². The summed E-state index contributed by atoms with van der Waals surface area (Å²) in [6.45, 7) is 5.33. The van der Waals surface area contributed by atoms with Crippen molar-refractivity contribution in [2.45, 2.75) is 19.9 Å². The van der Waals surface area contributed by atoms with Gasteiger partial charge in [0.15, 0.2) is 0 Å². The first kappa shape index (κ1) is 20.1. The predicted molar refractivity (Wildman–Crippen MR) is 123 cm³/mol. The maximum absolute atomic E-state index is 12.7. The molecule has 0 radical (unpaired) electrons. The van der Waals surface area contributed by atoms with Gasteiger partial charge >= 0.3 is 0 Å². The Kier molecular flexibility index (Phi) is 6.64. The minimum Gasteiger partial charge on any atom is -0.320 e. The summed E-state index contributed by atoms with van der Waals surface area (Å²) in [5.74, 6) is 2.28. The Bertz CT molecular complexity index is 965. The Balaban J connectivity index is 1.38.